The van der Waals surface area contributed by atoms with E-state index in [-0.39, 0.29) is 0 Å². The van der Waals surface area contributed by atoms with Crippen molar-refractivity contribution in [1.82, 2.24) is 5.32 Å². The first kappa shape index (κ1) is 14.9. The Hall–Kier alpha value is -0.0800. The molecular weight excluding hydrogens is 186 g/mol. The topological polar surface area (TPSA) is 32.3 Å². The van der Waals surface area contributed by atoms with Crippen LogP contribution in [0.2, 0.25) is 0 Å². The first-order valence-corrected chi connectivity index (χ1v) is 6.45. The molecule has 1 fully saturated rings. The van der Waals surface area contributed by atoms with Crippen LogP contribution in [0.3, 0.4) is 0 Å². The highest BCUT2D eigenvalue weighted by atomic mass is 16.2. The number of rotatable bonds is 3. The average Bonchev–Trinajstić information content (AvgIpc) is 2.20. The monoisotopic (exact) mass is 215 g/mol. The van der Waals surface area contributed by atoms with E-state index < -0.39 is 0 Å². The van der Waals surface area contributed by atoms with Crippen molar-refractivity contribution in [3.63, 3.8) is 0 Å². The Labute approximate surface area is 95.5 Å². The SMILES string of the molecule is CCCCO.CNC1C(C)CCCC1C. The Morgan fingerprint density at radius 3 is 1.93 bits per heavy atom. The fourth-order valence-corrected chi connectivity index (χ4v) is 2.41. The maximum absolute atomic E-state index is 8.07. The van der Waals surface area contributed by atoms with Gasteiger partial charge in [0.2, 0.25) is 0 Å². The van der Waals surface area contributed by atoms with Gasteiger partial charge >= 0.3 is 0 Å². The van der Waals surface area contributed by atoms with Crippen LogP contribution in [0.5, 0.6) is 0 Å². The Kier molecular flexibility index (Phi) is 9.12. The third kappa shape index (κ3) is 6.16. The Morgan fingerprint density at radius 1 is 1.20 bits per heavy atom. The summed E-state index contributed by atoms with van der Waals surface area (Å²) in [6, 6.07) is 0.772. The van der Waals surface area contributed by atoms with E-state index in [1.54, 1.807) is 0 Å². The number of aliphatic hydroxyl groups excluding tert-OH is 1. The smallest absolute Gasteiger partial charge is 0.0430 e. The van der Waals surface area contributed by atoms with Crippen LogP contribution in [-0.2, 0) is 0 Å². The molecule has 2 unspecified atom stereocenters. The predicted molar refractivity (Wildman–Crippen MR) is 67.0 cm³/mol. The van der Waals surface area contributed by atoms with Crippen molar-refractivity contribution in [3.8, 4) is 0 Å². The minimum atomic E-state index is 0.344. The molecule has 0 spiro atoms. The third-order valence-corrected chi connectivity index (χ3v) is 3.39. The Balaban J connectivity index is 0.000000336. The second-order valence-corrected chi connectivity index (χ2v) is 4.78. The minimum absolute atomic E-state index is 0.344. The van der Waals surface area contributed by atoms with Gasteiger partial charge in [0.1, 0.15) is 0 Å². The molecule has 92 valence electrons. The van der Waals surface area contributed by atoms with E-state index in [1.165, 1.54) is 19.3 Å². The molecule has 0 heterocycles. The minimum Gasteiger partial charge on any atom is -0.396 e. The summed E-state index contributed by atoms with van der Waals surface area (Å²) in [7, 11) is 2.09. The molecule has 0 amide bonds. The van der Waals surface area contributed by atoms with E-state index in [0.29, 0.717) is 6.61 Å². The van der Waals surface area contributed by atoms with Crippen molar-refractivity contribution in [2.45, 2.75) is 58.9 Å². The molecule has 2 atom stereocenters. The molecule has 2 nitrogen and oxygen atoms in total. The summed E-state index contributed by atoms with van der Waals surface area (Å²) in [4.78, 5) is 0. The predicted octanol–water partition coefficient (Wildman–Crippen LogP) is 2.81. The lowest BCUT2D eigenvalue weighted by Crippen LogP contribution is -2.40. The van der Waals surface area contributed by atoms with E-state index in [0.717, 1.165) is 30.7 Å². The van der Waals surface area contributed by atoms with Crippen molar-refractivity contribution in [2.75, 3.05) is 13.7 Å². The van der Waals surface area contributed by atoms with Gasteiger partial charge < -0.3 is 10.4 Å². The molecule has 0 aliphatic heterocycles. The van der Waals surface area contributed by atoms with Gasteiger partial charge in [-0.2, -0.15) is 0 Å². The maximum atomic E-state index is 8.07. The summed E-state index contributed by atoms with van der Waals surface area (Å²) in [5.74, 6) is 1.77. The maximum Gasteiger partial charge on any atom is 0.0430 e. The Morgan fingerprint density at radius 2 is 1.73 bits per heavy atom. The molecule has 0 aromatic heterocycles. The van der Waals surface area contributed by atoms with Crippen LogP contribution in [0.15, 0.2) is 0 Å². The second-order valence-electron chi connectivity index (χ2n) is 4.78. The van der Waals surface area contributed by atoms with Gasteiger partial charge in [-0.15, -0.1) is 0 Å². The lowest BCUT2D eigenvalue weighted by molar-refractivity contribution is 0.219. The average molecular weight is 215 g/mol. The molecule has 2 heteroatoms. The lowest BCUT2D eigenvalue weighted by Gasteiger charge is -2.34. The zero-order valence-corrected chi connectivity index (χ0v) is 10.9. The third-order valence-electron chi connectivity index (χ3n) is 3.39. The standard InChI is InChI=1S/C9H19N.C4H10O/c1-7-5-4-6-8(2)9(7)10-3;1-2-3-4-5/h7-10H,4-6H2,1-3H3;5H,2-4H2,1H3. The van der Waals surface area contributed by atoms with Crippen LogP contribution >= 0.6 is 0 Å². The lowest BCUT2D eigenvalue weighted by atomic mass is 9.79. The molecule has 0 bridgehead atoms. The van der Waals surface area contributed by atoms with Crippen molar-refractivity contribution in [2.24, 2.45) is 11.8 Å². The zero-order valence-electron chi connectivity index (χ0n) is 10.9. The molecule has 1 aliphatic rings. The zero-order chi connectivity index (χ0) is 11.7. The quantitative estimate of drug-likeness (QED) is 0.759. The summed E-state index contributed by atoms with van der Waals surface area (Å²) in [5.41, 5.74) is 0. The molecule has 0 saturated heterocycles. The summed E-state index contributed by atoms with van der Waals surface area (Å²) >= 11 is 0. The molecule has 2 N–H and O–H groups in total. The van der Waals surface area contributed by atoms with Gasteiger partial charge in [-0.25, -0.2) is 0 Å². The van der Waals surface area contributed by atoms with Crippen LogP contribution in [0.1, 0.15) is 52.9 Å². The summed E-state index contributed by atoms with van der Waals surface area (Å²) < 4.78 is 0. The van der Waals surface area contributed by atoms with Crippen LogP contribution in [-0.4, -0.2) is 24.8 Å². The molecule has 15 heavy (non-hydrogen) atoms. The van der Waals surface area contributed by atoms with Crippen LogP contribution in [0.4, 0.5) is 0 Å². The molecule has 0 radical (unpaired) electrons. The van der Waals surface area contributed by atoms with E-state index >= 15 is 0 Å². The molecule has 0 aromatic rings. The number of nitrogens with one attached hydrogen (secondary N) is 1. The first-order chi connectivity index (χ1) is 7.17. The van der Waals surface area contributed by atoms with Crippen molar-refractivity contribution < 1.29 is 5.11 Å². The molecule has 1 rings (SSSR count). The summed E-state index contributed by atoms with van der Waals surface area (Å²) in [6.07, 6.45) is 6.29. The van der Waals surface area contributed by atoms with Gasteiger partial charge in [0.25, 0.3) is 0 Å². The van der Waals surface area contributed by atoms with Gasteiger partial charge in [0.15, 0.2) is 0 Å². The molecule has 1 saturated carbocycles. The molecule has 1 aliphatic carbocycles. The highest BCUT2D eigenvalue weighted by Crippen LogP contribution is 2.28. The van der Waals surface area contributed by atoms with Crippen molar-refractivity contribution in [3.05, 3.63) is 0 Å². The number of hydrogen-bond acceptors (Lipinski definition) is 2. The van der Waals surface area contributed by atoms with E-state index in [2.05, 4.69) is 33.1 Å². The van der Waals surface area contributed by atoms with Crippen LogP contribution < -0.4 is 5.32 Å². The van der Waals surface area contributed by atoms with E-state index in [9.17, 15) is 0 Å². The van der Waals surface area contributed by atoms with Crippen molar-refractivity contribution >= 4 is 0 Å². The first-order valence-electron chi connectivity index (χ1n) is 6.45. The fraction of sp³-hybridized carbons (Fsp3) is 1.00. The summed E-state index contributed by atoms with van der Waals surface area (Å²) in [6.45, 7) is 7.11. The van der Waals surface area contributed by atoms with Gasteiger partial charge in [0, 0.05) is 12.6 Å². The van der Waals surface area contributed by atoms with Gasteiger partial charge in [-0.1, -0.05) is 33.6 Å². The van der Waals surface area contributed by atoms with E-state index in [4.69, 9.17) is 5.11 Å². The van der Waals surface area contributed by atoms with Gasteiger partial charge in [-0.3, -0.25) is 0 Å². The van der Waals surface area contributed by atoms with Crippen molar-refractivity contribution in [1.29, 1.82) is 0 Å². The highest BCUT2D eigenvalue weighted by molar-refractivity contribution is 4.81. The Bertz CT molecular complexity index is 126. The van der Waals surface area contributed by atoms with Gasteiger partial charge in [0.05, 0.1) is 0 Å². The molecule has 0 aromatic carbocycles. The number of hydrogen-bond donors (Lipinski definition) is 2. The van der Waals surface area contributed by atoms with Gasteiger partial charge in [-0.05, 0) is 38.1 Å². The normalized spacial score (nSPS) is 30.6. The second kappa shape index (κ2) is 9.17. The van der Waals surface area contributed by atoms with Crippen LogP contribution in [0.25, 0.3) is 0 Å². The van der Waals surface area contributed by atoms with E-state index in [1.807, 2.05) is 0 Å². The molecular formula is C13H29NO. The largest absolute Gasteiger partial charge is 0.396 e. The number of aliphatic hydroxyl groups is 1. The summed E-state index contributed by atoms with van der Waals surface area (Å²) in [5, 5.41) is 11.5. The fourth-order valence-electron chi connectivity index (χ4n) is 2.41. The highest BCUT2D eigenvalue weighted by Gasteiger charge is 2.25. The number of unbranched alkanes of at least 4 members (excludes halogenated alkanes) is 1. The van der Waals surface area contributed by atoms with Crippen LogP contribution in [0, 0.1) is 11.8 Å².